The zero-order chi connectivity index (χ0) is 16.7. The summed E-state index contributed by atoms with van der Waals surface area (Å²) in [7, 11) is 0. The molecule has 1 fully saturated rings. The summed E-state index contributed by atoms with van der Waals surface area (Å²) in [5.41, 5.74) is 0.500. The molecule has 6 heteroatoms. The van der Waals surface area contributed by atoms with Crippen LogP contribution in [0, 0.1) is 5.82 Å². The van der Waals surface area contributed by atoms with Crippen LogP contribution in [0.3, 0.4) is 0 Å². The predicted octanol–water partition coefficient (Wildman–Crippen LogP) is 1.50. The van der Waals surface area contributed by atoms with E-state index in [4.69, 9.17) is 0 Å². The van der Waals surface area contributed by atoms with Gasteiger partial charge in [-0.2, -0.15) is 0 Å². The van der Waals surface area contributed by atoms with Crippen molar-refractivity contribution < 1.29 is 14.0 Å². The molecular formula is C17H24FN3O2. The van der Waals surface area contributed by atoms with Crippen molar-refractivity contribution in [1.29, 1.82) is 0 Å². The molecule has 126 valence electrons. The van der Waals surface area contributed by atoms with E-state index in [0.717, 1.165) is 19.4 Å². The Morgan fingerprint density at radius 2 is 1.87 bits per heavy atom. The maximum Gasteiger partial charge on any atom is 0.253 e. The highest BCUT2D eigenvalue weighted by atomic mass is 19.1. The minimum Gasteiger partial charge on any atom is -0.355 e. The van der Waals surface area contributed by atoms with Gasteiger partial charge in [0.05, 0.1) is 6.54 Å². The summed E-state index contributed by atoms with van der Waals surface area (Å²) in [6, 6.07) is 5.63. The Morgan fingerprint density at radius 1 is 1.13 bits per heavy atom. The van der Waals surface area contributed by atoms with Crippen molar-refractivity contribution in [2.75, 3.05) is 39.3 Å². The predicted molar refractivity (Wildman–Crippen MR) is 86.7 cm³/mol. The number of hydrogen-bond acceptors (Lipinski definition) is 3. The first-order valence-corrected chi connectivity index (χ1v) is 8.14. The molecule has 1 N–H and O–H groups in total. The molecule has 1 saturated heterocycles. The van der Waals surface area contributed by atoms with Gasteiger partial charge in [0.15, 0.2) is 0 Å². The average Bonchev–Trinajstić information content (AvgIpc) is 2.78. The number of carbonyl (C=O) groups excluding carboxylic acids is 2. The smallest absolute Gasteiger partial charge is 0.253 e. The van der Waals surface area contributed by atoms with Crippen LogP contribution in [0.5, 0.6) is 0 Å². The maximum atomic E-state index is 12.9. The van der Waals surface area contributed by atoms with Crippen LogP contribution in [0.2, 0.25) is 0 Å². The van der Waals surface area contributed by atoms with Crippen LogP contribution < -0.4 is 5.32 Å². The van der Waals surface area contributed by atoms with Crippen molar-refractivity contribution >= 4 is 11.8 Å². The molecule has 0 unspecified atom stereocenters. The van der Waals surface area contributed by atoms with Gasteiger partial charge >= 0.3 is 0 Å². The fourth-order valence-electron chi connectivity index (χ4n) is 2.63. The van der Waals surface area contributed by atoms with E-state index in [1.165, 1.54) is 24.3 Å². The molecule has 1 aliphatic rings. The van der Waals surface area contributed by atoms with Gasteiger partial charge in [0, 0.05) is 38.3 Å². The molecule has 0 bridgehead atoms. The van der Waals surface area contributed by atoms with Crippen molar-refractivity contribution in [3.63, 3.8) is 0 Å². The van der Waals surface area contributed by atoms with Gasteiger partial charge in [-0.3, -0.25) is 14.5 Å². The molecule has 0 aliphatic carbocycles. The van der Waals surface area contributed by atoms with Crippen LogP contribution in [-0.2, 0) is 4.79 Å². The van der Waals surface area contributed by atoms with Crippen LogP contribution in [0.4, 0.5) is 4.39 Å². The summed E-state index contributed by atoms with van der Waals surface area (Å²) >= 11 is 0. The summed E-state index contributed by atoms with van der Waals surface area (Å²) in [5, 5.41) is 2.87. The lowest BCUT2D eigenvalue weighted by atomic mass is 10.2. The molecule has 1 aromatic carbocycles. The number of nitrogens with zero attached hydrogens (tertiary/aromatic N) is 2. The van der Waals surface area contributed by atoms with Gasteiger partial charge in [0.1, 0.15) is 5.82 Å². The molecule has 0 radical (unpaired) electrons. The Kier molecular flexibility index (Phi) is 6.52. The summed E-state index contributed by atoms with van der Waals surface area (Å²) in [5.74, 6) is -0.394. The number of hydrogen-bond donors (Lipinski definition) is 1. The van der Waals surface area contributed by atoms with Gasteiger partial charge in [-0.1, -0.05) is 6.92 Å². The lowest BCUT2D eigenvalue weighted by Gasteiger charge is -2.21. The number of halogens is 1. The average molecular weight is 321 g/mol. The fraction of sp³-hybridized carbons (Fsp3) is 0.529. The minimum absolute atomic E-state index is 0.0326. The van der Waals surface area contributed by atoms with Gasteiger partial charge in [0.2, 0.25) is 5.91 Å². The number of carbonyl (C=O) groups is 2. The van der Waals surface area contributed by atoms with E-state index in [1.807, 2.05) is 6.92 Å². The van der Waals surface area contributed by atoms with Gasteiger partial charge in [0.25, 0.3) is 5.91 Å². The van der Waals surface area contributed by atoms with E-state index in [1.54, 1.807) is 4.90 Å². The molecule has 1 aromatic rings. The Morgan fingerprint density at radius 3 is 2.57 bits per heavy atom. The molecule has 0 spiro atoms. The summed E-state index contributed by atoms with van der Waals surface area (Å²) in [4.78, 5) is 28.1. The third kappa shape index (κ3) is 5.32. The van der Waals surface area contributed by atoms with Crippen molar-refractivity contribution in [3.05, 3.63) is 35.6 Å². The molecule has 0 atom stereocenters. The quantitative estimate of drug-likeness (QED) is 0.894. The van der Waals surface area contributed by atoms with Crippen LogP contribution >= 0.6 is 0 Å². The zero-order valence-corrected chi connectivity index (χ0v) is 13.6. The van der Waals surface area contributed by atoms with E-state index in [9.17, 15) is 14.0 Å². The fourth-order valence-corrected chi connectivity index (χ4v) is 2.63. The van der Waals surface area contributed by atoms with Crippen LogP contribution in [0.25, 0.3) is 0 Å². The number of nitrogens with one attached hydrogen (secondary N) is 1. The van der Waals surface area contributed by atoms with Gasteiger partial charge in [-0.25, -0.2) is 4.39 Å². The highest BCUT2D eigenvalue weighted by Gasteiger charge is 2.21. The van der Waals surface area contributed by atoms with Gasteiger partial charge < -0.3 is 10.2 Å². The van der Waals surface area contributed by atoms with E-state index >= 15 is 0 Å². The van der Waals surface area contributed by atoms with Crippen LogP contribution in [-0.4, -0.2) is 60.9 Å². The third-order valence-electron chi connectivity index (χ3n) is 3.91. The second-order valence-electron chi connectivity index (χ2n) is 5.78. The van der Waals surface area contributed by atoms with Crippen LogP contribution in [0.1, 0.15) is 30.1 Å². The third-order valence-corrected chi connectivity index (χ3v) is 3.91. The summed E-state index contributed by atoms with van der Waals surface area (Å²) in [6.07, 6.45) is 1.75. The number of benzene rings is 1. The number of rotatable bonds is 5. The minimum atomic E-state index is -0.346. The maximum absolute atomic E-state index is 12.9. The normalized spacial score (nSPS) is 16.0. The highest BCUT2D eigenvalue weighted by Crippen LogP contribution is 2.10. The first-order chi connectivity index (χ1) is 11.1. The van der Waals surface area contributed by atoms with E-state index in [-0.39, 0.29) is 17.6 Å². The highest BCUT2D eigenvalue weighted by molar-refractivity contribution is 5.94. The molecule has 0 saturated carbocycles. The second-order valence-corrected chi connectivity index (χ2v) is 5.78. The lowest BCUT2D eigenvalue weighted by Crippen LogP contribution is -2.40. The Hall–Kier alpha value is -1.95. The standard InChI is InChI=1S/C17H24FN3O2/c1-2-8-19-16(22)13-20-9-3-10-21(12-11-20)17(23)14-4-6-15(18)7-5-14/h4-7H,2-3,8-13H2,1H3,(H,19,22). The summed E-state index contributed by atoms with van der Waals surface area (Å²) in [6.45, 7) is 5.80. The first kappa shape index (κ1) is 17.4. The SMILES string of the molecule is CCCNC(=O)CN1CCCN(C(=O)c2ccc(F)cc2)CC1. The molecule has 1 aliphatic heterocycles. The molecule has 2 amide bonds. The Labute approximate surface area is 136 Å². The monoisotopic (exact) mass is 321 g/mol. The lowest BCUT2D eigenvalue weighted by molar-refractivity contribution is -0.122. The van der Waals surface area contributed by atoms with Gasteiger partial charge in [-0.05, 0) is 37.1 Å². The first-order valence-electron chi connectivity index (χ1n) is 8.14. The molecule has 5 nitrogen and oxygen atoms in total. The number of amides is 2. The second kappa shape index (κ2) is 8.62. The molecule has 23 heavy (non-hydrogen) atoms. The zero-order valence-electron chi connectivity index (χ0n) is 13.6. The topological polar surface area (TPSA) is 52.7 Å². The molecule has 1 heterocycles. The van der Waals surface area contributed by atoms with Crippen LogP contribution in [0.15, 0.2) is 24.3 Å². The Bertz CT molecular complexity index is 533. The van der Waals surface area contributed by atoms with E-state index in [0.29, 0.717) is 38.3 Å². The largest absolute Gasteiger partial charge is 0.355 e. The van der Waals surface area contributed by atoms with Crippen molar-refractivity contribution in [3.8, 4) is 0 Å². The molecule has 2 rings (SSSR count). The van der Waals surface area contributed by atoms with Crippen molar-refractivity contribution in [1.82, 2.24) is 15.1 Å². The Balaban J connectivity index is 1.86. The summed E-state index contributed by atoms with van der Waals surface area (Å²) < 4.78 is 12.9. The van der Waals surface area contributed by atoms with E-state index < -0.39 is 0 Å². The van der Waals surface area contributed by atoms with Crippen molar-refractivity contribution in [2.24, 2.45) is 0 Å². The van der Waals surface area contributed by atoms with Crippen molar-refractivity contribution in [2.45, 2.75) is 19.8 Å². The van der Waals surface area contributed by atoms with Gasteiger partial charge in [-0.15, -0.1) is 0 Å². The molecule has 0 aromatic heterocycles. The molecular weight excluding hydrogens is 297 g/mol. The van der Waals surface area contributed by atoms with E-state index in [2.05, 4.69) is 10.2 Å².